The number of nitrogens with zero attached hydrogens (tertiary/aromatic N) is 2. The highest BCUT2D eigenvalue weighted by Gasteiger charge is 2.22. The molecule has 21 heavy (non-hydrogen) atoms. The fourth-order valence-electron chi connectivity index (χ4n) is 1.49. The van der Waals surface area contributed by atoms with Crippen LogP contribution in [0.1, 0.15) is 5.89 Å². The van der Waals surface area contributed by atoms with E-state index in [-0.39, 0.29) is 27.4 Å². The van der Waals surface area contributed by atoms with E-state index >= 15 is 0 Å². The second kappa shape index (κ2) is 5.00. The van der Waals surface area contributed by atoms with Crippen LogP contribution in [-0.2, 0) is 19.9 Å². The van der Waals surface area contributed by atoms with E-state index < -0.39 is 19.9 Å². The third kappa shape index (κ3) is 3.31. The van der Waals surface area contributed by atoms with E-state index in [1.54, 1.807) is 0 Å². The Morgan fingerprint density at radius 3 is 2.38 bits per heavy atom. The minimum atomic E-state index is -4.15. The van der Waals surface area contributed by atoms with Crippen molar-refractivity contribution in [2.75, 3.05) is 16.7 Å². The lowest BCUT2D eigenvalue weighted by molar-refractivity contribution is 0.534. The molecule has 1 aromatic carbocycles. The number of hydrogen-bond acceptors (Lipinski definition) is 8. The van der Waals surface area contributed by atoms with Gasteiger partial charge in [0.05, 0.1) is 10.6 Å². The number of nitrogens with one attached hydrogen (secondary N) is 1. The zero-order valence-electron chi connectivity index (χ0n) is 11.1. The molecule has 0 atom stereocenters. The van der Waals surface area contributed by atoms with Gasteiger partial charge in [-0.3, -0.25) is 0 Å². The van der Waals surface area contributed by atoms with Crippen molar-refractivity contribution in [3.05, 3.63) is 24.1 Å². The molecule has 0 amide bonds. The number of hydrogen-bond donors (Lipinski definition) is 2. The van der Waals surface area contributed by atoms with Crippen molar-refractivity contribution in [1.82, 2.24) is 10.2 Å². The topological polar surface area (TPSA) is 145 Å². The van der Waals surface area contributed by atoms with Crippen LogP contribution in [0.5, 0.6) is 0 Å². The molecule has 2 rings (SSSR count). The summed E-state index contributed by atoms with van der Waals surface area (Å²) in [5.41, 5.74) is 5.49. The van der Waals surface area contributed by atoms with Crippen LogP contribution in [0.3, 0.4) is 0 Å². The summed E-state index contributed by atoms with van der Waals surface area (Å²) in [7, 11) is -7.72. The zero-order valence-corrected chi connectivity index (χ0v) is 12.7. The first-order chi connectivity index (χ1) is 9.59. The SMILES string of the molecule is Cc1nnc(NS(=O)(=O)c2cc(S(C)(=O)=O)ccc2N)o1. The van der Waals surface area contributed by atoms with Crippen LogP contribution in [0.15, 0.2) is 32.4 Å². The molecule has 1 aromatic heterocycles. The van der Waals surface area contributed by atoms with Crippen LogP contribution in [-0.4, -0.2) is 33.3 Å². The van der Waals surface area contributed by atoms with Crippen molar-refractivity contribution in [2.24, 2.45) is 0 Å². The molecule has 3 N–H and O–H groups in total. The van der Waals surface area contributed by atoms with Gasteiger partial charge >= 0.3 is 6.01 Å². The van der Waals surface area contributed by atoms with Gasteiger partial charge in [0, 0.05) is 13.2 Å². The van der Waals surface area contributed by atoms with Crippen molar-refractivity contribution < 1.29 is 21.3 Å². The minimum Gasteiger partial charge on any atom is -0.408 e. The van der Waals surface area contributed by atoms with E-state index in [4.69, 9.17) is 10.2 Å². The van der Waals surface area contributed by atoms with Crippen molar-refractivity contribution in [1.29, 1.82) is 0 Å². The summed E-state index contributed by atoms with van der Waals surface area (Å²) < 4.78 is 54.3. The van der Waals surface area contributed by atoms with Crippen LogP contribution in [0, 0.1) is 6.92 Å². The Labute approximate surface area is 121 Å². The van der Waals surface area contributed by atoms with Gasteiger partial charge in [0.1, 0.15) is 4.90 Å². The largest absolute Gasteiger partial charge is 0.408 e. The Morgan fingerprint density at radius 2 is 1.86 bits per heavy atom. The standard InChI is InChI=1S/C10H12N4O5S2/c1-6-12-13-10(19-6)14-21(17,18)9-5-7(20(2,15)16)3-4-8(9)11/h3-5H,11H2,1-2H3,(H,13,14). The number of nitrogens with two attached hydrogens (primary N) is 1. The van der Waals surface area contributed by atoms with Gasteiger partial charge < -0.3 is 10.2 Å². The zero-order chi connectivity index (χ0) is 15.8. The highest BCUT2D eigenvalue weighted by molar-refractivity contribution is 7.93. The number of rotatable bonds is 4. The maximum atomic E-state index is 12.2. The molecule has 11 heteroatoms. The predicted molar refractivity (Wildman–Crippen MR) is 73.8 cm³/mol. The van der Waals surface area contributed by atoms with Gasteiger partial charge in [-0.2, -0.15) is 0 Å². The van der Waals surface area contributed by atoms with Gasteiger partial charge in [0.15, 0.2) is 9.84 Å². The number of sulfonamides is 1. The highest BCUT2D eigenvalue weighted by atomic mass is 32.2. The summed E-state index contributed by atoms with van der Waals surface area (Å²) >= 11 is 0. The van der Waals surface area contributed by atoms with Gasteiger partial charge in [-0.1, -0.05) is 5.10 Å². The molecule has 0 bridgehead atoms. The van der Waals surface area contributed by atoms with Crippen molar-refractivity contribution >= 4 is 31.6 Å². The fourth-order valence-corrected chi connectivity index (χ4v) is 3.29. The summed E-state index contributed by atoms with van der Waals surface area (Å²) in [5, 5.41) is 6.96. The average molecular weight is 332 g/mol. The van der Waals surface area contributed by atoms with Crippen LogP contribution < -0.4 is 10.5 Å². The second-order valence-electron chi connectivity index (χ2n) is 4.20. The first-order valence-electron chi connectivity index (χ1n) is 5.52. The molecule has 0 aliphatic carbocycles. The molecular formula is C10H12N4O5S2. The smallest absolute Gasteiger partial charge is 0.329 e. The summed E-state index contributed by atoms with van der Waals surface area (Å²) in [4.78, 5) is -0.555. The molecule has 2 aromatic rings. The maximum absolute atomic E-state index is 12.2. The molecule has 9 nitrogen and oxygen atoms in total. The molecule has 0 fully saturated rings. The molecule has 0 spiro atoms. The van der Waals surface area contributed by atoms with Gasteiger partial charge in [-0.05, 0) is 18.2 Å². The normalized spacial score (nSPS) is 12.3. The van der Waals surface area contributed by atoms with E-state index in [0.29, 0.717) is 0 Å². The Bertz CT molecular complexity index is 886. The molecular weight excluding hydrogens is 320 g/mol. The van der Waals surface area contributed by atoms with Crippen LogP contribution in [0.25, 0.3) is 0 Å². The fraction of sp³-hybridized carbons (Fsp3) is 0.200. The van der Waals surface area contributed by atoms with Gasteiger partial charge in [0.2, 0.25) is 5.89 Å². The molecule has 1 heterocycles. The summed E-state index contributed by atoms with van der Waals surface area (Å²) in [5.74, 6) is 0.172. The molecule has 0 radical (unpaired) electrons. The maximum Gasteiger partial charge on any atom is 0.329 e. The number of sulfone groups is 1. The third-order valence-corrected chi connectivity index (χ3v) is 4.94. The van der Waals surface area contributed by atoms with E-state index in [0.717, 1.165) is 12.3 Å². The predicted octanol–water partition coefficient (Wildman–Crippen LogP) is 0.165. The molecule has 114 valence electrons. The number of nitrogen functional groups attached to an aromatic ring is 1. The Hall–Kier alpha value is -2.14. The van der Waals surface area contributed by atoms with Crippen LogP contribution in [0.4, 0.5) is 11.7 Å². The summed E-state index contributed by atoms with van der Waals surface area (Å²) in [6, 6.07) is 3.05. The van der Waals surface area contributed by atoms with Crippen molar-refractivity contribution in [3.8, 4) is 0 Å². The lowest BCUT2D eigenvalue weighted by atomic mass is 10.3. The number of aryl methyl sites for hydroxylation is 1. The number of benzene rings is 1. The molecule has 0 saturated heterocycles. The van der Waals surface area contributed by atoms with Crippen molar-refractivity contribution in [2.45, 2.75) is 16.7 Å². The summed E-state index contributed by atoms with van der Waals surface area (Å²) in [6.45, 7) is 1.49. The molecule has 0 unspecified atom stereocenters. The monoisotopic (exact) mass is 332 g/mol. The lowest BCUT2D eigenvalue weighted by Gasteiger charge is -2.08. The van der Waals surface area contributed by atoms with Crippen molar-refractivity contribution in [3.63, 3.8) is 0 Å². The van der Waals surface area contributed by atoms with Gasteiger partial charge in [-0.15, -0.1) is 5.10 Å². The average Bonchev–Trinajstić information content (AvgIpc) is 2.72. The first-order valence-corrected chi connectivity index (χ1v) is 8.89. The molecule has 0 saturated carbocycles. The first kappa shape index (κ1) is 15.3. The van der Waals surface area contributed by atoms with Crippen LogP contribution >= 0.6 is 0 Å². The second-order valence-corrected chi connectivity index (χ2v) is 7.87. The summed E-state index contributed by atoms with van der Waals surface area (Å²) in [6.07, 6.45) is 0.962. The number of anilines is 2. The Balaban J connectivity index is 2.49. The Morgan fingerprint density at radius 1 is 1.19 bits per heavy atom. The van der Waals surface area contributed by atoms with Crippen LogP contribution in [0.2, 0.25) is 0 Å². The number of aromatic nitrogens is 2. The Kier molecular flexibility index (Phi) is 3.63. The van der Waals surface area contributed by atoms with Gasteiger partial charge in [0.25, 0.3) is 10.0 Å². The highest BCUT2D eigenvalue weighted by Crippen LogP contribution is 2.24. The minimum absolute atomic E-state index is 0.105. The quantitative estimate of drug-likeness (QED) is 0.753. The van der Waals surface area contributed by atoms with Gasteiger partial charge in [-0.25, -0.2) is 21.6 Å². The van der Waals surface area contributed by atoms with E-state index in [1.165, 1.54) is 19.1 Å². The van der Waals surface area contributed by atoms with E-state index in [1.807, 2.05) is 4.72 Å². The molecule has 0 aliphatic heterocycles. The van der Waals surface area contributed by atoms with E-state index in [9.17, 15) is 16.8 Å². The lowest BCUT2D eigenvalue weighted by Crippen LogP contribution is -2.16. The van der Waals surface area contributed by atoms with E-state index in [2.05, 4.69) is 10.2 Å². The molecule has 0 aliphatic rings. The third-order valence-electron chi connectivity index (χ3n) is 2.45.